The quantitative estimate of drug-likeness (QED) is 0.883. The van der Waals surface area contributed by atoms with Crippen LogP contribution >= 0.6 is 11.3 Å². The van der Waals surface area contributed by atoms with Crippen LogP contribution in [0.4, 0.5) is 10.7 Å². The Morgan fingerprint density at radius 2 is 2.44 bits per heavy atom. The minimum Gasteiger partial charge on any atom is -0.397 e. The largest absolute Gasteiger partial charge is 0.397 e. The molecule has 2 heterocycles. The van der Waals surface area contributed by atoms with Gasteiger partial charge in [0.05, 0.1) is 10.7 Å². The molecule has 1 aliphatic rings. The van der Waals surface area contributed by atoms with Gasteiger partial charge in [-0.3, -0.25) is 4.79 Å². The van der Waals surface area contributed by atoms with Gasteiger partial charge in [0.1, 0.15) is 4.88 Å². The molecule has 2 rings (SSSR count). The number of piperidine rings is 1. The molecule has 0 spiro atoms. The summed E-state index contributed by atoms with van der Waals surface area (Å²) in [7, 11) is 1.63. The Kier molecular flexibility index (Phi) is 4.11. The fourth-order valence-electron chi connectivity index (χ4n) is 2.44. The third kappa shape index (κ3) is 2.61. The van der Waals surface area contributed by atoms with Crippen LogP contribution in [-0.4, -0.2) is 26.0 Å². The molecule has 3 N–H and O–H groups in total. The number of nitrogen functional groups attached to an aromatic ring is 1. The summed E-state index contributed by atoms with van der Waals surface area (Å²) >= 11 is 1.50. The van der Waals surface area contributed by atoms with Crippen LogP contribution in [0, 0.1) is 5.92 Å². The third-order valence-corrected chi connectivity index (χ3v) is 4.80. The van der Waals surface area contributed by atoms with E-state index < -0.39 is 0 Å². The number of nitrogens with one attached hydrogen (secondary N) is 1. The second-order valence-electron chi connectivity index (χ2n) is 4.81. The minimum atomic E-state index is -0.0900. The Morgan fingerprint density at radius 1 is 1.67 bits per heavy atom. The number of hydrogen-bond donors (Lipinski definition) is 2. The van der Waals surface area contributed by atoms with Gasteiger partial charge in [-0.2, -0.15) is 0 Å². The van der Waals surface area contributed by atoms with E-state index in [1.165, 1.54) is 30.6 Å². The molecule has 100 valence electrons. The van der Waals surface area contributed by atoms with E-state index in [1.807, 2.05) is 6.07 Å². The van der Waals surface area contributed by atoms with Crippen molar-refractivity contribution in [2.45, 2.75) is 26.2 Å². The molecule has 0 bridgehead atoms. The number of nitrogens with two attached hydrogens (primary N) is 1. The average molecular weight is 267 g/mol. The van der Waals surface area contributed by atoms with E-state index in [4.69, 9.17) is 5.73 Å². The van der Waals surface area contributed by atoms with Crippen LogP contribution in [-0.2, 0) is 0 Å². The highest BCUT2D eigenvalue weighted by Crippen LogP contribution is 2.34. The lowest BCUT2D eigenvalue weighted by molar-refractivity contribution is 0.0968. The number of nitrogens with zero attached hydrogens (tertiary/aromatic N) is 1. The normalized spacial score (nSPS) is 19.9. The maximum absolute atomic E-state index is 11.7. The molecule has 5 heteroatoms. The number of anilines is 2. The third-order valence-electron chi connectivity index (χ3n) is 3.59. The van der Waals surface area contributed by atoms with Crippen LogP contribution in [0.2, 0.25) is 0 Å². The van der Waals surface area contributed by atoms with Gasteiger partial charge in [0, 0.05) is 20.1 Å². The van der Waals surface area contributed by atoms with Gasteiger partial charge in [-0.05, 0) is 24.8 Å². The van der Waals surface area contributed by atoms with Crippen LogP contribution in [0.25, 0.3) is 0 Å². The van der Waals surface area contributed by atoms with E-state index in [2.05, 4.69) is 17.1 Å². The first-order valence-corrected chi connectivity index (χ1v) is 7.33. The van der Waals surface area contributed by atoms with Gasteiger partial charge < -0.3 is 16.0 Å². The lowest BCUT2D eigenvalue weighted by Gasteiger charge is -2.32. The molecular formula is C13H21N3OS. The van der Waals surface area contributed by atoms with Gasteiger partial charge in [0.15, 0.2) is 0 Å². The lowest BCUT2D eigenvalue weighted by atomic mass is 9.96. The first-order chi connectivity index (χ1) is 8.65. The molecule has 1 aromatic heterocycles. The van der Waals surface area contributed by atoms with Crippen molar-refractivity contribution in [1.29, 1.82) is 0 Å². The van der Waals surface area contributed by atoms with E-state index in [1.54, 1.807) is 7.05 Å². The van der Waals surface area contributed by atoms with Gasteiger partial charge in [0.2, 0.25) is 0 Å². The molecule has 0 radical (unpaired) electrons. The van der Waals surface area contributed by atoms with Gasteiger partial charge in [-0.1, -0.05) is 13.3 Å². The van der Waals surface area contributed by atoms with E-state index in [0.717, 1.165) is 24.0 Å². The molecule has 0 aromatic carbocycles. The summed E-state index contributed by atoms with van der Waals surface area (Å²) in [6.45, 7) is 4.40. The van der Waals surface area contributed by atoms with Crippen LogP contribution in [0.1, 0.15) is 35.9 Å². The summed E-state index contributed by atoms with van der Waals surface area (Å²) in [5.74, 6) is 0.679. The molecule has 18 heavy (non-hydrogen) atoms. The molecule has 1 fully saturated rings. The molecule has 1 aliphatic heterocycles. The number of thiophene rings is 1. The predicted molar refractivity (Wildman–Crippen MR) is 77.3 cm³/mol. The second-order valence-corrected chi connectivity index (χ2v) is 5.84. The highest BCUT2D eigenvalue weighted by Gasteiger charge is 2.22. The van der Waals surface area contributed by atoms with Crippen molar-refractivity contribution >= 4 is 27.9 Å². The zero-order chi connectivity index (χ0) is 13.1. The number of carbonyl (C=O) groups excluding carboxylic acids is 1. The minimum absolute atomic E-state index is 0.0900. The van der Waals surface area contributed by atoms with Gasteiger partial charge in [-0.15, -0.1) is 11.3 Å². The van der Waals surface area contributed by atoms with Crippen molar-refractivity contribution in [1.82, 2.24) is 5.32 Å². The van der Waals surface area contributed by atoms with Gasteiger partial charge in [0.25, 0.3) is 5.91 Å². The average Bonchev–Trinajstić information content (AvgIpc) is 2.80. The Bertz CT molecular complexity index is 430. The molecule has 1 unspecified atom stereocenters. The van der Waals surface area contributed by atoms with Crippen LogP contribution in [0.15, 0.2) is 6.07 Å². The zero-order valence-electron chi connectivity index (χ0n) is 11.0. The van der Waals surface area contributed by atoms with Gasteiger partial charge in [-0.25, -0.2) is 0 Å². The molecule has 0 saturated carbocycles. The van der Waals surface area contributed by atoms with E-state index in [0.29, 0.717) is 10.6 Å². The Morgan fingerprint density at radius 3 is 3.11 bits per heavy atom. The number of rotatable bonds is 3. The Hall–Kier alpha value is -1.23. The van der Waals surface area contributed by atoms with Crippen molar-refractivity contribution in [3.63, 3.8) is 0 Å². The fraction of sp³-hybridized carbons (Fsp3) is 0.615. The Labute approximate surface area is 112 Å². The number of carbonyl (C=O) groups is 1. The first kappa shape index (κ1) is 13.2. The fourth-order valence-corrected chi connectivity index (χ4v) is 3.50. The second kappa shape index (κ2) is 5.61. The zero-order valence-corrected chi connectivity index (χ0v) is 11.8. The molecular weight excluding hydrogens is 246 g/mol. The van der Waals surface area contributed by atoms with Crippen molar-refractivity contribution in [3.8, 4) is 0 Å². The van der Waals surface area contributed by atoms with Crippen molar-refractivity contribution < 1.29 is 4.79 Å². The summed E-state index contributed by atoms with van der Waals surface area (Å²) in [4.78, 5) is 14.6. The van der Waals surface area contributed by atoms with E-state index in [-0.39, 0.29) is 5.91 Å². The summed E-state index contributed by atoms with van der Waals surface area (Å²) in [6, 6.07) is 1.94. The molecule has 1 amide bonds. The highest BCUT2D eigenvalue weighted by atomic mass is 32.1. The predicted octanol–water partition coefficient (Wildman–Crippen LogP) is 2.32. The Balaban J connectivity index is 2.16. The summed E-state index contributed by atoms with van der Waals surface area (Å²) in [5.41, 5.74) is 6.51. The molecule has 1 atom stereocenters. The molecule has 0 aliphatic carbocycles. The standard InChI is InChI=1S/C13H21N3OS/c1-3-9-5-4-6-16(8-9)11-7-10(14)12(18-11)13(17)15-2/h7,9H,3-6,8,14H2,1-2H3,(H,15,17). The maximum atomic E-state index is 11.7. The first-order valence-electron chi connectivity index (χ1n) is 6.52. The van der Waals surface area contributed by atoms with Crippen LogP contribution in [0.3, 0.4) is 0 Å². The lowest BCUT2D eigenvalue weighted by Crippen LogP contribution is -2.34. The monoisotopic (exact) mass is 267 g/mol. The SMILES string of the molecule is CCC1CCCN(c2cc(N)c(C(=O)NC)s2)C1. The smallest absolute Gasteiger partial charge is 0.263 e. The molecule has 1 aromatic rings. The summed E-state index contributed by atoms with van der Waals surface area (Å²) < 4.78 is 0. The number of amides is 1. The summed E-state index contributed by atoms with van der Waals surface area (Å²) in [5, 5.41) is 3.76. The molecule has 4 nitrogen and oxygen atoms in total. The van der Waals surface area contributed by atoms with Crippen molar-refractivity contribution in [2.24, 2.45) is 5.92 Å². The number of hydrogen-bond acceptors (Lipinski definition) is 4. The van der Waals surface area contributed by atoms with Crippen LogP contribution < -0.4 is 16.0 Å². The molecule has 1 saturated heterocycles. The topological polar surface area (TPSA) is 58.4 Å². The van der Waals surface area contributed by atoms with Crippen molar-refractivity contribution in [2.75, 3.05) is 30.8 Å². The summed E-state index contributed by atoms with van der Waals surface area (Å²) in [6.07, 6.45) is 3.77. The maximum Gasteiger partial charge on any atom is 0.263 e. The van der Waals surface area contributed by atoms with Crippen molar-refractivity contribution in [3.05, 3.63) is 10.9 Å². The van der Waals surface area contributed by atoms with Gasteiger partial charge >= 0.3 is 0 Å². The van der Waals surface area contributed by atoms with Crippen LogP contribution in [0.5, 0.6) is 0 Å². The highest BCUT2D eigenvalue weighted by molar-refractivity contribution is 7.18. The van der Waals surface area contributed by atoms with E-state index >= 15 is 0 Å². The van der Waals surface area contributed by atoms with E-state index in [9.17, 15) is 4.79 Å².